The van der Waals surface area contributed by atoms with Crippen molar-refractivity contribution in [2.75, 3.05) is 57.8 Å². The van der Waals surface area contributed by atoms with Gasteiger partial charge >= 0.3 is 0 Å². The van der Waals surface area contributed by atoms with Crippen molar-refractivity contribution in [1.82, 2.24) is 25.4 Å². The second-order valence-corrected chi connectivity index (χ2v) is 10.9. The van der Waals surface area contributed by atoms with Gasteiger partial charge in [-0.2, -0.15) is 0 Å². The maximum Gasteiger partial charge on any atom is 0.251 e. The van der Waals surface area contributed by atoms with Crippen LogP contribution in [0.4, 0.5) is 5.69 Å². The quantitative estimate of drug-likeness (QED) is 0.433. The molecular formula is C32H40N6O2. The van der Waals surface area contributed by atoms with Crippen molar-refractivity contribution in [2.45, 2.75) is 31.8 Å². The molecule has 0 unspecified atom stereocenters. The Kier molecular flexibility index (Phi) is 9.42. The van der Waals surface area contributed by atoms with Gasteiger partial charge in [-0.05, 0) is 49.7 Å². The number of benzene rings is 2. The minimum Gasteiger partial charge on any atom is -0.369 e. The van der Waals surface area contributed by atoms with Crippen molar-refractivity contribution >= 4 is 17.5 Å². The van der Waals surface area contributed by atoms with Gasteiger partial charge in [-0.1, -0.05) is 42.5 Å². The number of likely N-dealkylation sites (N-methyl/N-ethyl adjacent to an activating group) is 1. The molecule has 2 aliphatic rings. The fourth-order valence-electron chi connectivity index (χ4n) is 5.41. The lowest BCUT2D eigenvalue weighted by Crippen LogP contribution is -2.45. The van der Waals surface area contributed by atoms with E-state index in [0.29, 0.717) is 12.1 Å². The summed E-state index contributed by atoms with van der Waals surface area (Å²) < 4.78 is 0. The Morgan fingerprint density at radius 1 is 0.900 bits per heavy atom. The molecule has 0 aliphatic carbocycles. The van der Waals surface area contributed by atoms with Gasteiger partial charge in [0.2, 0.25) is 5.91 Å². The zero-order valence-electron chi connectivity index (χ0n) is 23.4. The standard InChI is InChI=1S/C32H40N6O2/c1-36-19-21-38(22-20-36)29-9-7-26(8-10-29)30-23-27(11-15-33-30)32(40)34-16-12-31(39)35-28-13-17-37(18-14-28)24-25-5-3-2-4-6-25/h2-11,15,23,28H,12-14,16-22,24H2,1H3,(H,34,40)(H,35,39). The fraction of sp³-hybridized carbons (Fsp3) is 0.406. The number of aromatic nitrogens is 1. The topological polar surface area (TPSA) is 80.8 Å². The van der Waals surface area contributed by atoms with E-state index in [4.69, 9.17) is 0 Å². The summed E-state index contributed by atoms with van der Waals surface area (Å²) in [5, 5.41) is 6.03. The van der Waals surface area contributed by atoms with E-state index >= 15 is 0 Å². The van der Waals surface area contributed by atoms with Crippen molar-refractivity contribution in [2.24, 2.45) is 0 Å². The molecule has 5 rings (SSSR count). The Bertz CT molecular complexity index is 1250. The molecule has 3 heterocycles. The molecule has 2 amide bonds. The van der Waals surface area contributed by atoms with Crippen LogP contribution in [0.2, 0.25) is 0 Å². The summed E-state index contributed by atoms with van der Waals surface area (Å²) in [5.74, 6) is -0.211. The maximum absolute atomic E-state index is 12.8. The van der Waals surface area contributed by atoms with Crippen LogP contribution in [0.5, 0.6) is 0 Å². The lowest BCUT2D eigenvalue weighted by molar-refractivity contribution is -0.122. The van der Waals surface area contributed by atoms with Crippen molar-refractivity contribution < 1.29 is 9.59 Å². The van der Waals surface area contributed by atoms with E-state index in [9.17, 15) is 9.59 Å². The molecule has 3 aromatic rings. The smallest absolute Gasteiger partial charge is 0.251 e. The first kappa shape index (κ1) is 27.8. The first-order chi connectivity index (χ1) is 19.5. The molecule has 0 spiro atoms. The SMILES string of the molecule is CN1CCN(c2ccc(-c3cc(C(=O)NCCC(=O)NC4CCN(Cc5ccccc5)CC4)ccn3)cc2)CC1. The molecule has 8 nitrogen and oxygen atoms in total. The summed E-state index contributed by atoms with van der Waals surface area (Å²) in [6.45, 7) is 7.37. The van der Waals surface area contributed by atoms with Crippen LogP contribution in [0.25, 0.3) is 11.3 Å². The largest absolute Gasteiger partial charge is 0.369 e. The first-order valence-corrected chi connectivity index (χ1v) is 14.4. The summed E-state index contributed by atoms with van der Waals surface area (Å²) in [5.41, 5.74) is 4.80. The molecular weight excluding hydrogens is 500 g/mol. The number of amides is 2. The fourth-order valence-corrected chi connectivity index (χ4v) is 5.41. The lowest BCUT2D eigenvalue weighted by atomic mass is 10.0. The van der Waals surface area contributed by atoms with Crippen LogP contribution in [0.3, 0.4) is 0 Å². The number of anilines is 1. The molecule has 1 aromatic heterocycles. The van der Waals surface area contributed by atoms with Crippen LogP contribution in [-0.2, 0) is 11.3 Å². The number of carbonyl (C=O) groups excluding carboxylic acids is 2. The number of nitrogens with one attached hydrogen (secondary N) is 2. The van der Waals surface area contributed by atoms with E-state index < -0.39 is 0 Å². The van der Waals surface area contributed by atoms with Gasteiger partial charge in [-0.3, -0.25) is 19.5 Å². The Hall–Kier alpha value is -3.75. The van der Waals surface area contributed by atoms with Gasteiger partial charge < -0.3 is 20.4 Å². The van der Waals surface area contributed by atoms with Crippen molar-refractivity contribution in [1.29, 1.82) is 0 Å². The Morgan fingerprint density at radius 3 is 2.35 bits per heavy atom. The van der Waals surface area contributed by atoms with Crippen LogP contribution >= 0.6 is 0 Å². The number of hydrogen-bond acceptors (Lipinski definition) is 6. The summed E-state index contributed by atoms with van der Waals surface area (Å²) in [4.78, 5) is 36.9. The number of hydrogen-bond donors (Lipinski definition) is 2. The zero-order valence-corrected chi connectivity index (χ0v) is 23.4. The lowest BCUT2D eigenvalue weighted by Gasteiger charge is -2.34. The van der Waals surface area contributed by atoms with Gasteiger partial charge in [0.1, 0.15) is 0 Å². The predicted octanol–water partition coefficient (Wildman–Crippen LogP) is 3.40. The molecule has 40 heavy (non-hydrogen) atoms. The van der Waals surface area contributed by atoms with Gasteiger partial charge in [0.15, 0.2) is 0 Å². The van der Waals surface area contributed by atoms with Crippen molar-refractivity contribution in [3.05, 3.63) is 84.1 Å². The van der Waals surface area contributed by atoms with E-state index in [1.165, 1.54) is 11.3 Å². The highest BCUT2D eigenvalue weighted by Gasteiger charge is 2.21. The third-order valence-corrected chi connectivity index (χ3v) is 7.89. The van der Waals surface area contributed by atoms with E-state index in [-0.39, 0.29) is 24.3 Å². The molecule has 2 fully saturated rings. The molecule has 0 radical (unpaired) electrons. The molecule has 0 saturated carbocycles. The highest BCUT2D eigenvalue weighted by molar-refractivity contribution is 5.95. The van der Waals surface area contributed by atoms with Crippen LogP contribution in [0, 0.1) is 0 Å². The van der Waals surface area contributed by atoms with Gasteiger partial charge in [-0.25, -0.2) is 0 Å². The highest BCUT2D eigenvalue weighted by Crippen LogP contribution is 2.23. The number of pyridine rings is 1. The number of likely N-dealkylation sites (tertiary alicyclic amines) is 1. The van der Waals surface area contributed by atoms with E-state index in [1.54, 1.807) is 12.3 Å². The Balaban J connectivity index is 1.04. The molecule has 0 bridgehead atoms. The maximum atomic E-state index is 12.8. The molecule has 210 valence electrons. The van der Waals surface area contributed by atoms with Gasteiger partial charge in [0, 0.05) is 87.8 Å². The van der Waals surface area contributed by atoms with Crippen LogP contribution in [0.15, 0.2) is 72.9 Å². The van der Waals surface area contributed by atoms with E-state index in [0.717, 1.165) is 69.9 Å². The van der Waals surface area contributed by atoms with E-state index in [1.807, 2.05) is 12.1 Å². The van der Waals surface area contributed by atoms with Gasteiger partial charge in [-0.15, -0.1) is 0 Å². The Morgan fingerprint density at radius 2 is 1.62 bits per heavy atom. The normalized spacial score (nSPS) is 17.0. The van der Waals surface area contributed by atoms with Crippen molar-refractivity contribution in [3.63, 3.8) is 0 Å². The molecule has 2 aliphatic heterocycles. The number of nitrogens with zero attached hydrogens (tertiary/aromatic N) is 4. The molecule has 0 atom stereocenters. The summed E-state index contributed by atoms with van der Waals surface area (Å²) >= 11 is 0. The minimum atomic E-state index is -0.195. The summed E-state index contributed by atoms with van der Waals surface area (Å²) in [6, 6.07) is 22.6. The van der Waals surface area contributed by atoms with Crippen LogP contribution in [0.1, 0.15) is 35.2 Å². The third-order valence-electron chi connectivity index (χ3n) is 7.89. The number of rotatable bonds is 9. The predicted molar refractivity (Wildman–Crippen MR) is 159 cm³/mol. The van der Waals surface area contributed by atoms with Crippen LogP contribution in [-0.4, -0.2) is 85.5 Å². The Labute approximate surface area is 237 Å². The van der Waals surface area contributed by atoms with E-state index in [2.05, 4.69) is 85.9 Å². The number of piperidine rings is 1. The minimum absolute atomic E-state index is 0.0160. The second kappa shape index (κ2) is 13.5. The highest BCUT2D eigenvalue weighted by atomic mass is 16.2. The first-order valence-electron chi connectivity index (χ1n) is 14.4. The molecule has 2 N–H and O–H groups in total. The van der Waals surface area contributed by atoms with Crippen LogP contribution < -0.4 is 15.5 Å². The number of piperazine rings is 1. The molecule has 2 saturated heterocycles. The van der Waals surface area contributed by atoms with Gasteiger partial charge in [0.05, 0.1) is 5.69 Å². The monoisotopic (exact) mass is 540 g/mol. The average Bonchev–Trinajstić information content (AvgIpc) is 2.99. The summed E-state index contributed by atoms with van der Waals surface area (Å²) in [6.07, 6.45) is 3.82. The third kappa shape index (κ3) is 7.67. The molecule has 2 aromatic carbocycles. The zero-order chi connectivity index (χ0) is 27.7. The second-order valence-electron chi connectivity index (χ2n) is 10.9. The molecule has 8 heteroatoms. The van der Waals surface area contributed by atoms with Crippen molar-refractivity contribution in [3.8, 4) is 11.3 Å². The summed E-state index contributed by atoms with van der Waals surface area (Å²) in [7, 11) is 2.15. The number of carbonyl (C=O) groups is 2. The van der Waals surface area contributed by atoms with Gasteiger partial charge in [0.25, 0.3) is 5.91 Å². The average molecular weight is 541 g/mol.